The molecule has 0 saturated carbocycles. The summed E-state index contributed by atoms with van der Waals surface area (Å²) in [5, 5.41) is 260. The zero-order valence-electron chi connectivity index (χ0n) is 67.3. The molecule has 0 radical (unpaired) electrons. The molecule has 126 heavy (non-hydrogen) atoms. The van der Waals surface area contributed by atoms with Crippen molar-refractivity contribution in [2.45, 2.75) is 257 Å². The van der Waals surface area contributed by atoms with E-state index < -0.39 is 310 Å². The molecule has 0 spiro atoms. The van der Waals surface area contributed by atoms with E-state index in [0.717, 1.165) is 0 Å². The first-order valence-electron chi connectivity index (χ1n) is 41.5. The third kappa shape index (κ3) is 18.6. The first kappa shape index (κ1) is 94.4. The highest BCUT2D eigenvalue weighted by atomic mass is 16.8. The quantitative estimate of drug-likeness (QED) is 0.0356. The lowest BCUT2D eigenvalue weighted by molar-refractivity contribution is -0.404. The second-order valence-corrected chi connectivity index (χ2v) is 32.3. The minimum Gasteiger partial charge on any atom is -0.394 e. The molecule has 6 aromatic carbocycles. The van der Waals surface area contributed by atoms with Crippen molar-refractivity contribution in [2.24, 2.45) is 0 Å². The molecule has 30 aliphatic rings. The number of rotatable bonds is 18. The van der Waals surface area contributed by atoms with Gasteiger partial charge in [-0.3, -0.25) is 0 Å². The summed E-state index contributed by atoms with van der Waals surface area (Å²) in [5.41, 5.74) is 0.0546. The Balaban J connectivity index is 0.750. The van der Waals surface area contributed by atoms with Crippen LogP contribution in [-0.2, 0) is 96.5 Å². The third-order valence-electron chi connectivity index (χ3n) is 24.5. The van der Waals surface area contributed by atoms with Crippen LogP contribution >= 0.6 is 0 Å². The van der Waals surface area contributed by atoms with Gasteiger partial charge in [0.05, 0.1) is 52.9 Å². The Labute approximate surface area is 719 Å². The number of aliphatic hydroxyl groups is 22. The summed E-state index contributed by atoms with van der Waals surface area (Å²) in [5.74, 6) is 0. The average molecular weight is 1780 g/mol. The molecule has 16 bridgehead atoms. The number of benzene rings is 6. The third-order valence-corrected chi connectivity index (χ3v) is 24.5. The lowest BCUT2D eigenvalue weighted by Crippen LogP contribution is -2.69. The number of hydrogen-bond acceptors (Lipinski definition) is 40. The van der Waals surface area contributed by atoms with Crippen molar-refractivity contribution in [3.63, 3.8) is 0 Å². The van der Waals surface area contributed by atoms with Gasteiger partial charge in [-0.05, 0) is 33.4 Å². The van der Waals surface area contributed by atoms with Crippen LogP contribution < -0.4 is 0 Å². The van der Waals surface area contributed by atoms with Crippen molar-refractivity contribution in [1.82, 2.24) is 0 Å². The molecule has 30 saturated heterocycles. The van der Waals surface area contributed by atoms with Gasteiger partial charge in [-0.15, -0.1) is 0 Å². The van der Waals surface area contributed by atoms with Crippen molar-refractivity contribution in [3.8, 4) is 0 Å². The summed E-state index contributed by atoms with van der Waals surface area (Å²) in [4.78, 5) is 0. The van der Waals surface area contributed by atoms with E-state index in [1.54, 1.807) is 182 Å². The Morgan fingerprint density at radius 2 is 0.302 bits per heavy atom. The van der Waals surface area contributed by atoms with Crippen molar-refractivity contribution in [3.05, 3.63) is 215 Å². The molecule has 22 N–H and O–H groups in total. The second-order valence-electron chi connectivity index (χ2n) is 32.3. The topological polar surface area (TPSA) is 611 Å². The van der Waals surface area contributed by atoms with Crippen LogP contribution in [0.15, 0.2) is 182 Å². The van der Waals surface area contributed by atoms with Crippen LogP contribution in [0, 0.1) is 0 Å². The molecule has 692 valence electrons. The predicted molar refractivity (Wildman–Crippen MR) is 417 cm³/mol. The van der Waals surface area contributed by atoms with Crippen LogP contribution in [0.3, 0.4) is 0 Å². The molecule has 0 aliphatic carbocycles. The van der Waals surface area contributed by atoms with Gasteiger partial charge in [0.15, 0.2) is 50.3 Å². The summed E-state index contributed by atoms with van der Waals surface area (Å²) in [6, 6.07) is 52.9. The fourth-order valence-corrected chi connectivity index (χ4v) is 17.8. The number of aliphatic hydroxyl groups excluding tert-OH is 22. The Kier molecular flexibility index (Phi) is 30.9. The Hall–Kier alpha value is -6.28. The van der Waals surface area contributed by atoms with Crippen molar-refractivity contribution in [1.29, 1.82) is 0 Å². The van der Waals surface area contributed by atoms with E-state index >= 15 is 0 Å². The molecule has 0 amide bonds. The van der Waals surface area contributed by atoms with Gasteiger partial charge in [0.1, 0.15) is 207 Å². The first-order chi connectivity index (χ1) is 60.8. The predicted octanol–water partition coefficient (Wildman–Crippen LogP) is -7.37. The van der Waals surface area contributed by atoms with Crippen molar-refractivity contribution >= 4 is 0 Å². The van der Waals surface area contributed by atoms with Gasteiger partial charge in [-0.25, -0.2) is 0 Å². The molecule has 6 aromatic rings. The minimum absolute atomic E-state index is 0.539. The van der Waals surface area contributed by atoms with Gasteiger partial charge in [-0.2, -0.15) is 0 Å². The lowest BCUT2D eigenvalue weighted by atomic mass is 9.80. The van der Waals surface area contributed by atoms with Crippen LogP contribution in [0.4, 0.5) is 0 Å². The van der Waals surface area contributed by atoms with E-state index in [1.807, 2.05) is 0 Å². The minimum atomic E-state index is -2.31. The van der Waals surface area contributed by atoms with Crippen LogP contribution in [-0.4, -0.2) is 411 Å². The summed E-state index contributed by atoms with van der Waals surface area (Å²) in [6.45, 7) is -8.02. The average Bonchev–Trinajstić information content (AvgIpc) is 0.754. The molecule has 0 unspecified atom stereocenters. The number of ether oxygens (including phenoxy) is 18. The summed E-state index contributed by atoms with van der Waals surface area (Å²) in [6.07, 6.45) is -84.1. The van der Waals surface area contributed by atoms with E-state index in [-0.39, 0.29) is 0 Å². The van der Waals surface area contributed by atoms with Gasteiger partial charge < -0.3 is 198 Å². The normalized spacial score (nSPS) is 42.3. The largest absolute Gasteiger partial charge is 0.394 e. The highest BCUT2D eigenvalue weighted by molar-refractivity contribution is 5.49. The maximum Gasteiger partial charge on any atom is 0.187 e. The Morgan fingerprint density at radius 1 is 0.175 bits per heavy atom. The first-order valence-corrected chi connectivity index (χ1v) is 41.5. The smallest absolute Gasteiger partial charge is 0.187 e. The number of hydrogen-bond donors (Lipinski definition) is 22. The second kappa shape index (κ2) is 41.2. The lowest BCUT2D eigenvalue weighted by Gasteiger charge is -2.51. The van der Waals surface area contributed by atoms with Crippen molar-refractivity contribution < 1.29 is 198 Å². The van der Waals surface area contributed by atoms with Crippen LogP contribution in [0.25, 0.3) is 0 Å². The van der Waals surface area contributed by atoms with Gasteiger partial charge in [-0.1, -0.05) is 182 Å². The summed E-state index contributed by atoms with van der Waals surface area (Å²) in [7, 11) is 0. The van der Waals surface area contributed by atoms with E-state index in [1.165, 1.54) is 0 Å². The van der Waals surface area contributed by atoms with E-state index in [2.05, 4.69) is 0 Å². The molecule has 30 fully saturated rings. The SMILES string of the molecule is OC[C@H]1O[C@@H]2O[C@H]3[C@H](O)[C@@H](O)[C@@H](O[C@H]4[C@H](O)[C@@H](O)[C@@H](O[C@H]5[C@H](O)[C@@H](O)[C@@H](O[C@H]6[C@@H](O)[C@H](O)[C@@H](O[C@H]7[C@@H](O)[C@H](O)[C@@H](O[C@H]8[C@H](O)[C@@H](O)[C@@H](O[C@H]9[C@@H](O)[C@H](O)[C@@H](O[C@H]1[C@H](O)[C@H]2O)O[C@@H]9CO)O[C@@H]8CO)O[C@@H]7COC(c1ccccc1)(c1ccccc1)c1ccccc1)O[C@@H]6CO)O[C@@H]5CO)O[C@@H]4CO)O[C@@H]3COC(c1ccccc1)(c1ccccc1)c1ccccc1. The van der Waals surface area contributed by atoms with E-state index in [9.17, 15) is 112 Å². The molecule has 36 rings (SSSR count). The van der Waals surface area contributed by atoms with Crippen LogP contribution in [0.2, 0.25) is 0 Å². The van der Waals surface area contributed by atoms with Crippen LogP contribution in [0.5, 0.6) is 0 Å². The highest BCUT2D eigenvalue weighted by Gasteiger charge is 2.62. The molecule has 30 heterocycles. The van der Waals surface area contributed by atoms with E-state index in [0.29, 0.717) is 33.4 Å². The molecular weight excluding hydrogens is 1670 g/mol. The maximum absolute atomic E-state index is 12.5. The van der Waals surface area contributed by atoms with Gasteiger partial charge in [0.25, 0.3) is 0 Å². The summed E-state index contributed by atoms with van der Waals surface area (Å²) < 4.78 is 112. The highest BCUT2D eigenvalue weighted by Crippen LogP contribution is 2.47. The summed E-state index contributed by atoms with van der Waals surface area (Å²) >= 11 is 0. The molecular formula is C86H108O40. The molecule has 40 atom stereocenters. The molecule has 30 aliphatic heterocycles. The zero-order chi connectivity index (χ0) is 89.2. The molecule has 0 aromatic heterocycles. The molecule has 40 heteroatoms. The zero-order valence-corrected chi connectivity index (χ0v) is 67.3. The van der Waals surface area contributed by atoms with Gasteiger partial charge in [0.2, 0.25) is 0 Å². The fourth-order valence-electron chi connectivity index (χ4n) is 17.8. The Morgan fingerprint density at radius 3 is 0.437 bits per heavy atom. The van der Waals surface area contributed by atoms with Crippen LogP contribution in [0.1, 0.15) is 33.4 Å². The van der Waals surface area contributed by atoms with Crippen molar-refractivity contribution in [2.75, 3.05) is 52.9 Å². The standard InChI is InChI=1S/C86H108O40/c87-31-45-69-54(94)62(102)78(112-45)122-72-48(34-90)116-82(66(106)58(72)98)126-76-52(38-110-86(42-25-13-4-14-26-42,43-27-15-5-16-28-43)44-29-17-6-18-30-44)118-84(68(108)60(76)100)124-74-50(36-92)114-80(64(104)56(74)96)120-70-46(32-88)111-77(61(101)53(70)93)121-71-47(33-89)115-81(65(105)57(71)97)125-75-51(117-83(67(107)59(75)99)123-73-49(35-91)113-79(119-69)63(103)55(73)95)37-109-85(39-19-7-1-8-20-39,40-21-9-2-10-22-40)41-23-11-3-12-24-41/h1-30,45-84,87-108H,31-38H2/t45-,46-,47-,48-,49-,50-,51-,52-,53-,54+,55-,56-,57+,58-,59+,60-,61-,62+,63-,64-,65+,66-,67+,68-,69-,70-,71-,72-,73-,74-,75-,76-,77-,78-,79-,80-,81-,82-,83-,84-/m1/s1. The fraction of sp³-hybridized carbons (Fsp3) is 0.581. The molecule has 40 nitrogen and oxygen atoms in total. The monoisotopic (exact) mass is 1780 g/mol. The Bertz CT molecular complexity index is 3830. The van der Waals surface area contributed by atoms with Gasteiger partial charge >= 0.3 is 0 Å². The van der Waals surface area contributed by atoms with E-state index in [4.69, 9.17) is 85.3 Å². The van der Waals surface area contributed by atoms with Gasteiger partial charge in [0, 0.05) is 0 Å². The maximum atomic E-state index is 12.5.